The average molecular weight is 325 g/mol. The van der Waals surface area contributed by atoms with Gasteiger partial charge >= 0.3 is 0 Å². The van der Waals surface area contributed by atoms with E-state index in [4.69, 9.17) is 0 Å². The summed E-state index contributed by atoms with van der Waals surface area (Å²) in [6.45, 7) is 7.64. The highest BCUT2D eigenvalue weighted by molar-refractivity contribution is 5.79. The van der Waals surface area contributed by atoms with Crippen LogP contribution >= 0.6 is 0 Å². The Balaban J connectivity index is 1.77. The zero-order chi connectivity index (χ0) is 17.1. The summed E-state index contributed by atoms with van der Waals surface area (Å²) in [6, 6.07) is 7.60. The van der Waals surface area contributed by atoms with Crippen LogP contribution in [-0.2, 0) is 13.1 Å². The van der Waals surface area contributed by atoms with Crippen molar-refractivity contribution in [2.75, 3.05) is 0 Å². The first-order valence-corrected chi connectivity index (χ1v) is 8.32. The number of benzene rings is 1. The molecule has 0 bridgehead atoms. The Bertz CT molecular complexity index is 896. The molecule has 0 aliphatic heterocycles. The van der Waals surface area contributed by atoms with E-state index in [1.807, 2.05) is 25.1 Å². The SMILES string of the molecule is CCCn1cnnc1[C@@H](C)NCc1cc(=O)c2cc(C)ccc2[nH]1. The van der Waals surface area contributed by atoms with Crippen molar-refractivity contribution in [2.45, 2.75) is 46.3 Å². The molecule has 126 valence electrons. The first-order valence-electron chi connectivity index (χ1n) is 8.32. The second kappa shape index (κ2) is 6.97. The molecule has 3 rings (SSSR count). The smallest absolute Gasteiger partial charge is 0.189 e. The number of nitrogens with one attached hydrogen (secondary N) is 2. The number of aryl methyl sites for hydroxylation is 2. The lowest BCUT2D eigenvalue weighted by molar-refractivity contribution is 0.504. The van der Waals surface area contributed by atoms with E-state index in [1.54, 1.807) is 12.4 Å². The normalized spacial score (nSPS) is 12.6. The van der Waals surface area contributed by atoms with Gasteiger partial charge in [0.05, 0.1) is 6.04 Å². The third-order valence-electron chi connectivity index (χ3n) is 4.14. The molecule has 0 saturated heterocycles. The topological polar surface area (TPSA) is 75.6 Å². The van der Waals surface area contributed by atoms with Crippen LogP contribution in [0, 0.1) is 6.92 Å². The number of pyridine rings is 1. The van der Waals surface area contributed by atoms with Crippen LogP contribution in [0.3, 0.4) is 0 Å². The van der Waals surface area contributed by atoms with Gasteiger partial charge in [0.15, 0.2) is 5.43 Å². The summed E-state index contributed by atoms with van der Waals surface area (Å²) in [5, 5.41) is 12.3. The van der Waals surface area contributed by atoms with Crippen LogP contribution in [0.15, 0.2) is 35.4 Å². The summed E-state index contributed by atoms with van der Waals surface area (Å²) in [5.41, 5.74) is 2.87. The zero-order valence-electron chi connectivity index (χ0n) is 14.3. The van der Waals surface area contributed by atoms with Crippen molar-refractivity contribution < 1.29 is 0 Å². The maximum absolute atomic E-state index is 12.3. The molecule has 24 heavy (non-hydrogen) atoms. The molecule has 6 heteroatoms. The van der Waals surface area contributed by atoms with Crippen molar-refractivity contribution in [3.63, 3.8) is 0 Å². The molecule has 2 aromatic heterocycles. The third-order valence-corrected chi connectivity index (χ3v) is 4.14. The molecule has 0 aliphatic carbocycles. The molecule has 1 aromatic carbocycles. The second-order valence-electron chi connectivity index (χ2n) is 6.19. The van der Waals surface area contributed by atoms with Crippen LogP contribution in [0.4, 0.5) is 0 Å². The predicted molar refractivity (Wildman–Crippen MR) is 94.9 cm³/mol. The van der Waals surface area contributed by atoms with E-state index < -0.39 is 0 Å². The van der Waals surface area contributed by atoms with E-state index in [-0.39, 0.29) is 11.5 Å². The fraction of sp³-hybridized carbons (Fsp3) is 0.389. The minimum absolute atomic E-state index is 0.0473. The molecule has 1 atom stereocenters. The number of hydrogen-bond donors (Lipinski definition) is 2. The van der Waals surface area contributed by atoms with Gasteiger partial charge in [0, 0.05) is 35.8 Å². The summed E-state index contributed by atoms with van der Waals surface area (Å²) in [5.74, 6) is 0.913. The molecule has 0 unspecified atom stereocenters. The van der Waals surface area contributed by atoms with Gasteiger partial charge in [-0.3, -0.25) is 4.79 Å². The van der Waals surface area contributed by atoms with Crippen molar-refractivity contribution >= 4 is 10.9 Å². The van der Waals surface area contributed by atoms with Gasteiger partial charge in [0.1, 0.15) is 12.2 Å². The van der Waals surface area contributed by atoms with Crippen molar-refractivity contribution in [1.29, 1.82) is 0 Å². The molecule has 6 nitrogen and oxygen atoms in total. The third kappa shape index (κ3) is 3.38. The highest BCUT2D eigenvalue weighted by Crippen LogP contribution is 2.13. The van der Waals surface area contributed by atoms with Gasteiger partial charge in [0.2, 0.25) is 0 Å². The quantitative estimate of drug-likeness (QED) is 0.730. The molecule has 2 N–H and O–H groups in total. The molecule has 3 aromatic rings. The Morgan fingerprint density at radius 1 is 1.33 bits per heavy atom. The lowest BCUT2D eigenvalue weighted by Gasteiger charge is -2.14. The molecule has 0 saturated carbocycles. The molecule has 0 aliphatic rings. The summed E-state index contributed by atoms with van der Waals surface area (Å²) < 4.78 is 2.06. The molecular weight excluding hydrogens is 302 g/mol. The highest BCUT2D eigenvalue weighted by atomic mass is 16.1. The second-order valence-corrected chi connectivity index (χ2v) is 6.19. The minimum Gasteiger partial charge on any atom is -0.357 e. The Hall–Kier alpha value is -2.47. The first-order chi connectivity index (χ1) is 11.6. The van der Waals surface area contributed by atoms with Gasteiger partial charge in [-0.25, -0.2) is 0 Å². The number of nitrogens with zero attached hydrogens (tertiary/aromatic N) is 3. The number of aromatic amines is 1. The number of fused-ring (bicyclic) bond motifs is 1. The molecule has 0 fully saturated rings. The van der Waals surface area contributed by atoms with Gasteiger partial charge in [-0.2, -0.15) is 0 Å². The van der Waals surface area contributed by atoms with Gasteiger partial charge in [-0.15, -0.1) is 10.2 Å². The predicted octanol–water partition coefficient (Wildman–Crippen LogP) is 2.69. The van der Waals surface area contributed by atoms with Crippen molar-refractivity contribution in [2.24, 2.45) is 0 Å². The van der Waals surface area contributed by atoms with Crippen molar-refractivity contribution in [1.82, 2.24) is 25.1 Å². The summed E-state index contributed by atoms with van der Waals surface area (Å²) in [7, 11) is 0. The Morgan fingerprint density at radius 3 is 2.96 bits per heavy atom. The van der Waals surface area contributed by atoms with Gasteiger partial charge < -0.3 is 14.9 Å². The lowest BCUT2D eigenvalue weighted by atomic mass is 10.1. The minimum atomic E-state index is 0.0473. The maximum atomic E-state index is 12.3. The van der Waals surface area contributed by atoms with Gasteiger partial charge in [0.25, 0.3) is 0 Å². The Morgan fingerprint density at radius 2 is 2.17 bits per heavy atom. The summed E-state index contributed by atoms with van der Waals surface area (Å²) >= 11 is 0. The van der Waals surface area contributed by atoms with Crippen LogP contribution in [0.5, 0.6) is 0 Å². The summed E-state index contributed by atoms with van der Waals surface area (Å²) in [4.78, 5) is 15.6. The largest absolute Gasteiger partial charge is 0.357 e. The van der Waals surface area contributed by atoms with Crippen LogP contribution in [0.1, 0.15) is 43.4 Å². The maximum Gasteiger partial charge on any atom is 0.189 e. The first kappa shape index (κ1) is 16.4. The standard InChI is InChI=1S/C18H23N5O/c1-4-7-23-11-20-22-18(23)13(3)19-10-14-9-17(24)15-8-12(2)5-6-16(15)21-14/h5-6,8-9,11,13,19H,4,7,10H2,1-3H3,(H,21,24)/t13-/m1/s1. The zero-order valence-corrected chi connectivity index (χ0v) is 14.3. The Labute approximate surface area is 140 Å². The number of H-pyrrole nitrogens is 1. The molecule has 2 heterocycles. The monoisotopic (exact) mass is 325 g/mol. The fourth-order valence-corrected chi connectivity index (χ4v) is 2.88. The highest BCUT2D eigenvalue weighted by Gasteiger charge is 2.12. The van der Waals surface area contributed by atoms with Gasteiger partial charge in [-0.1, -0.05) is 18.6 Å². The number of aromatic nitrogens is 4. The number of hydrogen-bond acceptors (Lipinski definition) is 4. The van der Waals surface area contributed by atoms with E-state index in [9.17, 15) is 4.79 Å². The van der Waals surface area contributed by atoms with Crippen molar-refractivity contribution in [3.8, 4) is 0 Å². The van der Waals surface area contributed by atoms with Gasteiger partial charge in [-0.05, 0) is 32.4 Å². The average Bonchev–Trinajstić information content (AvgIpc) is 3.02. The van der Waals surface area contributed by atoms with Crippen LogP contribution < -0.4 is 10.7 Å². The molecule has 0 amide bonds. The van der Waals surface area contributed by atoms with E-state index in [2.05, 4.69) is 38.9 Å². The van der Waals surface area contributed by atoms with Crippen LogP contribution in [0.25, 0.3) is 10.9 Å². The van der Waals surface area contributed by atoms with Crippen molar-refractivity contribution in [3.05, 3.63) is 57.9 Å². The van der Waals surface area contributed by atoms with E-state index >= 15 is 0 Å². The fourth-order valence-electron chi connectivity index (χ4n) is 2.88. The van der Waals surface area contributed by atoms with E-state index in [1.165, 1.54) is 0 Å². The molecular formula is C18H23N5O. The van der Waals surface area contributed by atoms with E-state index in [0.717, 1.165) is 41.0 Å². The summed E-state index contributed by atoms with van der Waals surface area (Å²) in [6.07, 6.45) is 2.80. The van der Waals surface area contributed by atoms with E-state index in [0.29, 0.717) is 6.54 Å². The van der Waals surface area contributed by atoms with Crippen LogP contribution in [-0.4, -0.2) is 19.7 Å². The lowest BCUT2D eigenvalue weighted by Crippen LogP contribution is -2.23. The van der Waals surface area contributed by atoms with Crippen LogP contribution in [0.2, 0.25) is 0 Å². The molecule has 0 radical (unpaired) electrons. The number of rotatable bonds is 6. The Kier molecular flexibility index (Phi) is 4.76. The molecule has 0 spiro atoms.